The number of benzene rings is 2. The molecule has 0 bridgehead atoms. The van der Waals surface area contributed by atoms with Crippen LogP contribution in [-0.4, -0.2) is 172 Å². The summed E-state index contributed by atoms with van der Waals surface area (Å²) in [7, 11) is -3.83. The molecule has 0 spiro atoms. The van der Waals surface area contributed by atoms with Crippen LogP contribution in [0, 0.1) is 35.1 Å². The summed E-state index contributed by atoms with van der Waals surface area (Å²) in [5, 5.41) is 11.6. The van der Waals surface area contributed by atoms with Gasteiger partial charge in [0.25, 0.3) is 20.0 Å². The van der Waals surface area contributed by atoms with Crippen molar-refractivity contribution in [1.29, 1.82) is 0 Å². The molecule has 16 rings (SSSR count). The number of aromatic amines is 1. The van der Waals surface area contributed by atoms with Crippen LogP contribution < -0.4 is 14.7 Å². The topological polar surface area (TPSA) is 283 Å². The van der Waals surface area contributed by atoms with Crippen molar-refractivity contribution in [2.45, 2.75) is 91.2 Å². The zero-order chi connectivity index (χ0) is 70.4. The second-order valence-corrected chi connectivity index (χ2v) is 29.4. The summed E-state index contributed by atoms with van der Waals surface area (Å²) in [4.78, 5) is 52.4. The molecule has 30 heteroatoms. The van der Waals surface area contributed by atoms with Gasteiger partial charge in [0.2, 0.25) is 0 Å². The average molecular weight is 1650 g/mol. The molecule has 14 heterocycles. The van der Waals surface area contributed by atoms with Crippen LogP contribution in [0.2, 0.25) is 5.15 Å². The maximum Gasteiger partial charge on any atom is 0.269 e. The number of H-pyrrole nitrogens is 1. The van der Waals surface area contributed by atoms with E-state index in [1.165, 1.54) is 20.3 Å². The van der Waals surface area contributed by atoms with Gasteiger partial charge < -0.3 is 41.3 Å². The van der Waals surface area contributed by atoms with Crippen molar-refractivity contribution in [3.8, 4) is 56.9 Å². The number of halogens is 1. The minimum Gasteiger partial charge on any atom is -0.377 e. The summed E-state index contributed by atoms with van der Waals surface area (Å²) in [6, 6.07) is 34.9. The van der Waals surface area contributed by atoms with E-state index in [0.717, 1.165) is 80.1 Å². The molecule has 11 aromatic heterocycles. The van der Waals surface area contributed by atoms with Crippen LogP contribution in [0.3, 0.4) is 0 Å². The Morgan fingerprint density at radius 2 is 0.857 bits per heavy atom. The molecule has 3 fully saturated rings. The van der Waals surface area contributed by atoms with E-state index in [4.69, 9.17) is 50.7 Å². The molecule has 13 aromatic rings. The molecule has 3 aliphatic heterocycles. The van der Waals surface area contributed by atoms with Crippen LogP contribution >= 0.6 is 11.6 Å². The van der Waals surface area contributed by atoms with E-state index >= 15 is 0 Å². The van der Waals surface area contributed by atoms with Crippen LogP contribution in [0.4, 0.5) is 17.5 Å². The molecule has 3 atom stereocenters. The number of hydrogen-bond acceptors (Lipinski definition) is 21. The summed E-state index contributed by atoms with van der Waals surface area (Å²) >= 11 is 6.36. The number of nitrogens with one attached hydrogen (secondary N) is 1. The van der Waals surface area contributed by atoms with Crippen molar-refractivity contribution in [2.75, 3.05) is 74.0 Å². The van der Waals surface area contributed by atoms with E-state index in [1.807, 2.05) is 83.0 Å². The Kier molecular flexibility index (Phi) is 24.0. The third-order valence-corrected chi connectivity index (χ3v) is 21.6. The number of hydrogen-bond donors (Lipinski definition) is 1. The Morgan fingerprint density at radius 3 is 1.25 bits per heavy atom. The number of fused-ring (bicyclic) bond motifs is 3. The first-order valence-electron chi connectivity index (χ1n) is 33.0. The van der Waals surface area contributed by atoms with Crippen molar-refractivity contribution in [2.24, 2.45) is 14.1 Å². The number of pyridine rings is 3. The van der Waals surface area contributed by atoms with Crippen LogP contribution in [0.1, 0.15) is 58.1 Å². The number of aryl methyl sites for hydroxylation is 6. The first-order valence-corrected chi connectivity index (χ1v) is 36.3. The van der Waals surface area contributed by atoms with E-state index in [1.54, 1.807) is 96.1 Å². The number of morpholine rings is 3. The molecular weight excluding hydrogens is 1560 g/mol. The van der Waals surface area contributed by atoms with Gasteiger partial charge in [0.1, 0.15) is 28.3 Å². The Morgan fingerprint density at radius 1 is 0.476 bits per heavy atom. The summed E-state index contributed by atoms with van der Waals surface area (Å²) < 4.78 is 76.4. The van der Waals surface area contributed by atoms with Crippen LogP contribution in [0.25, 0.3) is 90.0 Å². The molecule has 0 unspecified atom stereocenters. The summed E-state index contributed by atoms with van der Waals surface area (Å²) in [5.74, 6) is 3.97. The van der Waals surface area contributed by atoms with E-state index in [9.17, 15) is 16.8 Å². The molecule has 2 aromatic carbocycles. The van der Waals surface area contributed by atoms with Crippen LogP contribution in [0.5, 0.6) is 0 Å². The number of rotatable bonds is 12. The fraction of sp³-hybridized carbons (Fsp3) is 0.307. The largest absolute Gasteiger partial charge is 0.377 e. The Hall–Kier alpha value is -9.67. The predicted octanol–water partition coefficient (Wildman–Crippen LogP) is 12.6. The van der Waals surface area contributed by atoms with Gasteiger partial charge in [-0.2, -0.15) is 10.2 Å². The minimum absolute atomic E-state index is 0. The van der Waals surface area contributed by atoms with Gasteiger partial charge >= 0.3 is 0 Å². The second-order valence-electron chi connectivity index (χ2n) is 25.3. The number of aromatic nitrogens is 16. The molecular formula is C75H85ClN19O7S2W-. The standard InChI is InChI=1S/C28H29N7O3S.C23H22ClN5O3S.C21H23N7O.2CH4.CH3.W/c1-18-5-7-21(8-6-18)39(36,37)35-12-10-23-22(9-11-29-28(23)35)27-30-24(25-15-19(2)32-33(25)4)16-26(31-27)34-13-14-38-17-20(34)3;1-15-3-5-17(6-4-15)33(30,31)29-10-8-19-18(7-9-25-23(19)29)22-26-20(24)13-21(27-22)28-11-12-32-14-16(28)2;1-13-10-18(27(3)26-13)17-11-19(28-8-9-29-12-14(28)2)25-21(24-17)16-5-7-23-20-15(16)4-6-22-20;;;;/h5-12,15-16,20H,13-14,17H2,1-4H3;3-10,13,16H,11-12,14H2,1-2H3;4-7,10-11,14H,8-9,12H2,1-3H3,(H,22,23);2*1H4;1H3;/q;;;;;-1;/t20-;16-;14-;;;;/m111..../s1. The Bertz CT molecular complexity index is 5480. The quantitative estimate of drug-likeness (QED) is 0.0878. The SMILES string of the molecule is C.C.Cc1cc(-c2cc(N3CCOC[C@H]3C)nc(-c3ccnc4[nH]ccc34)n2)n(C)n1.Cc1ccc(S(=O)(=O)n2ccc3c(-c4nc(-c5cc(C)nn5C)cc(N5CCOC[C@H]5C)n4)ccnc32)cc1.Cc1ccc(S(=O)(=O)n2ccc3c(-c4nc(Cl)cc(N5CCOC[C@H]5C)n4)ccnc32)cc1.[CH3-].[W]. The molecule has 3 aliphatic rings. The first kappa shape index (κ1) is 77.9. The molecule has 0 saturated carbocycles. The average Bonchev–Trinajstić information content (AvgIpc) is 1.61. The molecule has 3 saturated heterocycles. The van der Waals surface area contributed by atoms with Crippen molar-refractivity contribution >= 4 is 82.2 Å². The Balaban J connectivity index is 0.000000167. The van der Waals surface area contributed by atoms with Gasteiger partial charge in [-0.15, -0.1) is 0 Å². The number of nitrogens with zero attached hydrogens (tertiary/aromatic N) is 18. The maximum atomic E-state index is 13.5. The van der Waals surface area contributed by atoms with Crippen molar-refractivity contribution in [3.63, 3.8) is 0 Å². The van der Waals surface area contributed by atoms with E-state index < -0.39 is 20.0 Å². The minimum atomic E-state index is -3.84. The summed E-state index contributed by atoms with van der Waals surface area (Å²) in [6.45, 7) is 20.1. The maximum absolute atomic E-state index is 13.5. The van der Waals surface area contributed by atoms with Gasteiger partial charge in [0, 0.05) is 143 Å². The molecule has 105 heavy (non-hydrogen) atoms. The van der Waals surface area contributed by atoms with E-state index in [0.29, 0.717) is 114 Å². The summed E-state index contributed by atoms with van der Waals surface area (Å²) in [6.07, 6.45) is 9.87. The normalized spacial score (nSPS) is 16.1. The Labute approximate surface area is 631 Å². The molecule has 26 nitrogen and oxygen atoms in total. The van der Waals surface area contributed by atoms with E-state index in [-0.39, 0.29) is 71.3 Å². The molecule has 1 N–H and O–H groups in total. The molecule has 548 valence electrons. The fourth-order valence-electron chi connectivity index (χ4n) is 12.9. The number of ether oxygens (including phenoxy) is 3. The fourth-order valence-corrected chi connectivity index (χ4v) is 15.6. The van der Waals surface area contributed by atoms with Crippen LogP contribution in [0.15, 0.2) is 162 Å². The van der Waals surface area contributed by atoms with Gasteiger partial charge in [0.15, 0.2) is 28.8 Å². The molecule has 0 radical (unpaired) electrons. The third kappa shape index (κ3) is 15.8. The van der Waals surface area contributed by atoms with Gasteiger partial charge in [-0.1, -0.05) is 61.8 Å². The van der Waals surface area contributed by atoms with E-state index in [2.05, 4.69) is 82.7 Å². The van der Waals surface area contributed by atoms with Crippen molar-refractivity contribution in [1.82, 2.24) is 77.3 Å². The van der Waals surface area contributed by atoms with Crippen molar-refractivity contribution < 1.29 is 52.1 Å². The second kappa shape index (κ2) is 32.4. The zero-order valence-corrected chi connectivity index (χ0v) is 63.9. The first-order chi connectivity index (χ1) is 48.7. The zero-order valence-electron chi connectivity index (χ0n) is 58.5. The summed E-state index contributed by atoms with van der Waals surface area (Å²) in [5.41, 5.74) is 11.0. The predicted molar refractivity (Wildman–Crippen MR) is 408 cm³/mol. The number of anilines is 3. The van der Waals surface area contributed by atoms with Crippen molar-refractivity contribution in [3.05, 3.63) is 188 Å². The van der Waals surface area contributed by atoms with Gasteiger partial charge in [0.05, 0.1) is 102 Å². The van der Waals surface area contributed by atoms with Crippen LogP contribution in [-0.2, 0) is 69.4 Å². The molecule has 0 amide bonds. The molecule has 0 aliphatic carbocycles. The third-order valence-electron chi connectivity index (χ3n) is 18.1. The van der Waals surface area contributed by atoms with Gasteiger partial charge in [-0.25, -0.2) is 69.6 Å². The van der Waals surface area contributed by atoms with Gasteiger partial charge in [-0.05, 0) is 121 Å². The van der Waals surface area contributed by atoms with Gasteiger partial charge in [-0.3, -0.25) is 9.36 Å². The monoisotopic (exact) mass is 1650 g/mol. The smallest absolute Gasteiger partial charge is 0.269 e.